The lowest BCUT2D eigenvalue weighted by Gasteiger charge is -1.95. The van der Waals surface area contributed by atoms with Gasteiger partial charge in [0.1, 0.15) is 0 Å². The molecular formula is C11H8N2S. The van der Waals surface area contributed by atoms with Gasteiger partial charge in [0.05, 0.1) is 21.5 Å². The lowest BCUT2D eigenvalue weighted by molar-refractivity contribution is 1.30. The van der Waals surface area contributed by atoms with Crippen LogP contribution in [0.1, 0.15) is 10.6 Å². The van der Waals surface area contributed by atoms with Gasteiger partial charge < -0.3 is 0 Å². The van der Waals surface area contributed by atoms with E-state index in [0.29, 0.717) is 5.56 Å². The summed E-state index contributed by atoms with van der Waals surface area (Å²) < 4.78 is 0. The number of aromatic nitrogens is 1. The van der Waals surface area contributed by atoms with Crippen molar-refractivity contribution < 1.29 is 0 Å². The van der Waals surface area contributed by atoms with Crippen LogP contribution < -0.4 is 0 Å². The molecule has 0 radical (unpaired) electrons. The number of thiazole rings is 1. The van der Waals surface area contributed by atoms with E-state index in [4.69, 9.17) is 5.26 Å². The second-order valence-corrected chi connectivity index (χ2v) is 4.17. The largest absolute Gasteiger partial charge is 0.249 e. The van der Waals surface area contributed by atoms with Crippen molar-refractivity contribution in [1.29, 1.82) is 5.26 Å². The molecule has 1 heterocycles. The molecule has 68 valence electrons. The fourth-order valence-corrected chi connectivity index (χ4v) is 1.99. The van der Waals surface area contributed by atoms with Gasteiger partial charge in [-0.2, -0.15) is 5.26 Å². The van der Waals surface area contributed by atoms with Crippen LogP contribution in [0, 0.1) is 18.3 Å². The van der Waals surface area contributed by atoms with E-state index < -0.39 is 0 Å². The Morgan fingerprint density at radius 3 is 2.50 bits per heavy atom. The summed E-state index contributed by atoms with van der Waals surface area (Å²) in [6, 6.07) is 9.65. The lowest BCUT2D eigenvalue weighted by atomic mass is 10.1. The van der Waals surface area contributed by atoms with Crippen LogP contribution in [0.2, 0.25) is 0 Å². The van der Waals surface area contributed by atoms with Crippen molar-refractivity contribution >= 4 is 11.3 Å². The van der Waals surface area contributed by atoms with E-state index in [1.807, 2.05) is 37.4 Å². The van der Waals surface area contributed by atoms with Crippen LogP contribution in [-0.4, -0.2) is 4.98 Å². The molecule has 0 fully saturated rings. The van der Waals surface area contributed by atoms with Gasteiger partial charge in [0.2, 0.25) is 0 Å². The van der Waals surface area contributed by atoms with E-state index in [9.17, 15) is 0 Å². The summed E-state index contributed by atoms with van der Waals surface area (Å²) in [7, 11) is 0. The predicted octanol–water partition coefficient (Wildman–Crippen LogP) is 2.99. The summed E-state index contributed by atoms with van der Waals surface area (Å²) in [5.74, 6) is 0. The Morgan fingerprint density at radius 2 is 2.00 bits per heavy atom. The molecule has 0 unspecified atom stereocenters. The average molecular weight is 200 g/mol. The molecule has 2 aromatic rings. The maximum absolute atomic E-state index is 8.64. The minimum atomic E-state index is 0.690. The summed E-state index contributed by atoms with van der Waals surface area (Å²) in [6.07, 6.45) is 1.86. The fourth-order valence-electron chi connectivity index (χ4n) is 1.20. The molecule has 0 aliphatic rings. The van der Waals surface area contributed by atoms with E-state index in [1.54, 1.807) is 11.3 Å². The number of nitriles is 1. The van der Waals surface area contributed by atoms with Crippen molar-refractivity contribution in [3.05, 3.63) is 41.0 Å². The highest BCUT2D eigenvalue weighted by Gasteiger charge is 2.00. The topological polar surface area (TPSA) is 36.7 Å². The van der Waals surface area contributed by atoms with E-state index in [2.05, 4.69) is 11.1 Å². The van der Waals surface area contributed by atoms with Crippen molar-refractivity contribution in [2.24, 2.45) is 0 Å². The lowest BCUT2D eigenvalue weighted by Crippen LogP contribution is -1.74. The number of hydrogen-bond donors (Lipinski definition) is 0. The van der Waals surface area contributed by atoms with Gasteiger partial charge in [0, 0.05) is 6.20 Å². The highest BCUT2D eigenvalue weighted by atomic mass is 32.1. The molecule has 3 heteroatoms. The third-order valence-corrected chi connectivity index (χ3v) is 2.88. The van der Waals surface area contributed by atoms with Gasteiger partial charge in [0.25, 0.3) is 0 Å². The first-order chi connectivity index (χ1) is 6.79. The maximum Gasteiger partial charge on any atom is 0.0991 e. The molecule has 0 aliphatic carbocycles. The van der Waals surface area contributed by atoms with Crippen LogP contribution in [0.25, 0.3) is 10.4 Å². The number of aryl methyl sites for hydroxylation is 1. The molecule has 2 nitrogen and oxygen atoms in total. The minimum Gasteiger partial charge on any atom is -0.249 e. The molecule has 14 heavy (non-hydrogen) atoms. The van der Waals surface area contributed by atoms with Gasteiger partial charge in [-0.25, -0.2) is 4.98 Å². The second-order valence-electron chi connectivity index (χ2n) is 2.93. The molecule has 0 amide bonds. The zero-order valence-corrected chi connectivity index (χ0v) is 8.51. The summed E-state index contributed by atoms with van der Waals surface area (Å²) in [5, 5.41) is 9.70. The molecule has 2 rings (SSSR count). The van der Waals surface area contributed by atoms with Crippen molar-refractivity contribution in [3.8, 4) is 16.5 Å². The summed E-state index contributed by atoms with van der Waals surface area (Å²) in [5.41, 5.74) is 1.81. The SMILES string of the molecule is Cc1ncc(-c2ccc(C#N)cc2)s1. The first kappa shape index (κ1) is 8.92. The highest BCUT2D eigenvalue weighted by Crippen LogP contribution is 2.25. The molecule has 0 saturated heterocycles. The summed E-state index contributed by atoms with van der Waals surface area (Å²) in [4.78, 5) is 5.33. The fraction of sp³-hybridized carbons (Fsp3) is 0.0909. The van der Waals surface area contributed by atoms with E-state index >= 15 is 0 Å². The third-order valence-electron chi connectivity index (χ3n) is 1.92. The molecule has 0 saturated carbocycles. The number of rotatable bonds is 1. The average Bonchev–Trinajstić information content (AvgIpc) is 2.65. The Kier molecular flexibility index (Phi) is 2.30. The normalized spacial score (nSPS) is 9.71. The zero-order chi connectivity index (χ0) is 9.97. The molecule has 0 atom stereocenters. The van der Waals surface area contributed by atoms with Gasteiger partial charge in [-0.15, -0.1) is 11.3 Å². The quantitative estimate of drug-likeness (QED) is 0.709. The van der Waals surface area contributed by atoms with Crippen LogP contribution in [0.4, 0.5) is 0 Å². The number of nitrogens with zero attached hydrogens (tertiary/aromatic N) is 2. The van der Waals surface area contributed by atoms with Crippen molar-refractivity contribution in [2.45, 2.75) is 6.92 Å². The Balaban J connectivity index is 2.39. The molecule has 0 bridgehead atoms. The first-order valence-electron chi connectivity index (χ1n) is 4.22. The minimum absolute atomic E-state index is 0.690. The zero-order valence-electron chi connectivity index (χ0n) is 7.69. The van der Waals surface area contributed by atoms with Crippen molar-refractivity contribution in [1.82, 2.24) is 4.98 Å². The smallest absolute Gasteiger partial charge is 0.0991 e. The Hall–Kier alpha value is -1.66. The molecular weight excluding hydrogens is 192 g/mol. The van der Waals surface area contributed by atoms with Crippen LogP contribution in [0.15, 0.2) is 30.5 Å². The van der Waals surface area contributed by atoms with Gasteiger partial charge in [-0.1, -0.05) is 12.1 Å². The second kappa shape index (κ2) is 3.60. The molecule has 1 aromatic carbocycles. The van der Waals surface area contributed by atoms with Crippen LogP contribution in [0.3, 0.4) is 0 Å². The van der Waals surface area contributed by atoms with Crippen molar-refractivity contribution in [2.75, 3.05) is 0 Å². The van der Waals surface area contributed by atoms with Crippen LogP contribution >= 0.6 is 11.3 Å². The standard InChI is InChI=1S/C11H8N2S/c1-8-13-7-11(14-8)10-4-2-9(6-12)3-5-10/h2-5,7H,1H3. The highest BCUT2D eigenvalue weighted by molar-refractivity contribution is 7.15. The summed E-state index contributed by atoms with van der Waals surface area (Å²) in [6.45, 7) is 1.98. The molecule has 0 aliphatic heterocycles. The van der Waals surface area contributed by atoms with Crippen LogP contribution in [-0.2, 0) is 0 Å². The summed E-state index contributed by atoms with van der Waals surface area (Å²) >= 11 is 1.66. The predicted molar refractivity (Wildman–Crippen MR) is 57.0 cm³/mol. The molecule has 0 spiro atoms. The number of hydrogen-bond acceptors (Lipinski definition) is 3. The van der Waals surface area contributed by atoms with Crippen molar-refractivity contribution in [3.63, 3.8) is 0 Å². The van der Waals surface area contributed by atoms with E-state index in [-0.39, 0.29) is 0 Å². The van der Waals surface area contributed by atoms with E-state index in [1.165, 1.54) is 0 Å². The monoisotopic (exact) mass is 200 g/mol. The van der Waals surface area contributed by atoms with Gasteiger partial charge in [0.15, 0.2) is 0 Å². The van der Waals surface area contributed by atoms with Crippen LogP contribution in [0.5, 0.6) is 0 Å². The first-order valence-corrected chi connectivity index (χ1v) is 5.04. The Morgan fingerprint density at radius 1 is 1.29 bits per heavy atom. The number of benzene rings is 1. The Bertz CT molecular complexity index is 477. The molecule has 0 N–H and O–H groups in total. The van der Waals surface area contributed by atoms with Gasteiger partial charge in [-0.05, 0) is 24.6 Å². The maximum atomic E-state index is 8.64. The van der Waals surface area contributed by atoms with Gasteiger partial charge in [-0.3, -0.25) is 0 Å². The van der Waals surface area contributed by atoms with E-state index in [0.717, 1.165) is 15.4 Å². The molecule has 1 aromatic heterocycles. The third kappa shape index (κ3) is 1.66. The van der Waals surface area contributed by atoms with Gasteiger partial charge >= 0.3 is 0 Å². The Labute approximate surface area is 86.5 Å².